The van der Waals surface area contributed by atoms with E-state index in [0.29, 0.717) is 22.7 Å². The molecule has 9 nitrogen and oxygen atoms in total. The fourth-order valence-corrected chi connectivity index (χ4v) is 3.61. The number of benzene rings is 2. The third-order valence-corrected chi connectivity index (χ3v) is 5.23. The number of aromatic nitrogens is 4. The molecule has 0 radical (unpaired) electrons. The molecule has 0 aliphatic heterocycles. The van der Waals surface area contributed by atoms with Crippen LogP contribution in [-0.2, 0) is 13.1 Å². The molecular weight excluding hydrogens is 424 g/mol. The van der Waals surface area contributed by atoms with Crippen LogP contribution in [0.2, 0.25) is 0 Å². The molecule has 0 N–H and O–H groups in total. The fourth-order valence-electron chi connectivity index (χ4n) is 3.61. The van der Waals surface area contributed by atoms with Crippen LogP contribution in [0, 0.1) is 0 Å². The van der Waals surface area contributed by atoms with Gasteiger partial charge in [-0.15, -0.1) is 6.58 Å². The number of fused-ring (bicyclic) bond motifs is 1. The minimum Gasteiger partial charge on any atom is -0.497 e. The summed E-state index contributed by atoms with van der Waals surface area (Å²) in [6.45, 7) is 3.52. The van der Waals surface area contributed by atoms with Crippen molar-refractivity contribution in [1.29, 1.82) is 0 Å². The number of carbonyl (C=O) groups excluding carboxylic acids is 1. The maximum absolute atomic E-state index is 13.2. The average molecular weight is 446 g/mol. The van der Waals surface area contributed by atoms with Gasteiger partial charge in [-0.1, -0.05) is 24.3 Å². The number of hydrogen-bond acceptors (Lipinski definition) is 6. The maximum atomic E-state index is 13.2. The van der Waals surface area contributed by atoms with Gasteiger partial charge in [0.2, 0.25) is 0 Å². The summed E-state index contributed by atoms with van der Waals surface area (Å²) in [5, 5.41) is 0. The summed E-state index contributed by atoms with van der Waals surface area (Å²) in [6.07, 6.45) is 2.85. The first-order chi connectivity index (χ1) is 16.0. The summed E-state index contributed by atoms with van der Waals surface area (Å²) >= 11 is 0. The van der Waals surface area contributed by atoms with Gasteiger partial charge < -0.3 is 14.0 Å². The molecule has 2 aromatic carbocycles. The zero-order valence-electron chi connectivity index (χ0n) is 18.2. The SMILES string of the molecule is C=CCn1c(=O)c2c(ncn2CC(=O)c2cccc(OC)c2)n(-c2cccc(OC)c2)c1=O. The quantitative estimate of drug-likeness (QED) is 0.305. The van der Waals surface area contributed by atoms with Crippen molar-refractivity contribution in [1.82, 2.24) is 18.7 Å². The first-order valence-electron chi connectivity index (χ1n) is 10.1. The molecule has 33 heavy (non-hydrogen) atoms. The summed E-state index contributed by atoms with van der Waals surface area (Å²) < 4.78 is 14.3. The van der Waals surface area contributed by atoms with E-state index in [1.54, 1.807) is 48.5 Å². The van der Waals surface area contributed by atoms with Crippen LogP contribution in [0.5, 0.6) is 11.5 Å². The van der Waals surface area contributed by atoms with Gasteiger partial charge in [-0.25, -0.2) is 14.3 Å². The van der Waals surface area contributed by atoms with Crippen LogP contribution >= 0.6 is 0 Å². The summed E-state index contributed by atoms with van der Waals surface area (Å²) in [7, 11) is 3.04. The molecule has 0 bridgehead atoms. The second-order valence-electron chi connectivity index (χ2n) is 7.22. The molecule has 0 aliphatic carbocycles. The monoisotopic (exact) mass is 446 g/mol. The van der Waals surface area contributed by atoms with Gasteiger partial charge in [0.25, 0.3) is 5.56 Å². The number of nitrogens with zero attached hydrogens (tertiary/aromatic N) is 4. The topological polar surface area (TPSA) is 97.4 Å². The summed E-state index contributed by atoms with van der Waals surface area (Å²) in [4.78, 5) is 43.7. The number of rotatable bonds is 8. The largest absolute Gasteiger partial charge is 0.497 e. The number of imidazole rings is 1. The molecule has 4 aromatic rings. The molecule has 0 aliphatic rings. The van der Waals surface area contributed by atoms with Crippen LogP contribution in [0.25, 0.3) is 16.9 Å². The third kappa shape index (κ3) is 3.96. The van der Waals surface area contributed by atoms with E-state index in [4.69, 9.17) is 9.47 Å². The van der Waals surface area contributed by atoms with Crippen LogP contribution < -0.4 is 20.7 Å². The zero-order valence-corrected chi connectivity index (χ0v) is 18.2. The zero-order chi connectivity index (χ0) is 23.5. The minimum absolute atomic E-state index is 0.00653. The fraction of sp³-hybridized carbons (Fsp3) is 0.167. The van der Waals surface area contributed by atoms with E-state index < -0.39 is 11.2 Å². The maximum Gasteiger partial charge on any atom is 0.337 e. The van der Waals surface area contributed by atoms with E-state index in [1.165, 1.54) is 35.8 Å². The second-order valence-corrected chi connectivity index (χ2v) is 7.22. The van der Waals surface area contributed by atoms with Crippen molar-refractivity contribution in [3.05, 3.63) is 93.9 Å². The number of ketones is 1. The lowest BCUT2D eigenvalue weighted by atomic mass is 10.1. The number of ether oxygens (including phenoxy) is 2. The van der Waals surface area contributed by atoms with Crippen molar-refractivity contribution >= 4 is 16.9 Å². The standard InChI is InChI=1S/C24H22N4O5/c1-4-11-27-23(30)21-22(28(24(27)31)17-8-6-10-19(13-17)33-3)25-15-26(21)14-20(29)16-7-5-9-18(12-16)32-2/h4-10,12-13,15H,1,11,14H2,2-3H3. The Morgan fingerprint density at radius 1 is 1.06 bits per heavy atom. The van der Waals surface area contributed by atoms with Crippen molar-refractivity contribution in [2.45, 2.75) is 13.1 Å². The highest BCUT2D eigenvalue weighted by Gasteiger charge is 2.20. The van der Waals surface area contributed by atoms with Gasteiger partial charge in [-0.2, -0.15) is 0 Å². The number of allylic oxidation sites excluding steroid dienone is 1. The molecule has 0 spiro atoms. The summed E-state index contributed by atoms with van der Waals surface area (Å²) in [5.41, 5.74) is 0.0813. The number of methoxy groups -OCH3 is 2. The molecule has 0 saturated carbocycles. The molecular formula is C24H22N4O5. The Bertz CT molecular complexity index is 1480. The molecule has 9 heteroatoms. The van der Waals surface area contributed by atoms with Gasteiger partial charge in [0.1, 0.15) is 11.5 Å². The lowest BCUT2D eigenvalue weighted by Crippen LogP contribution is -2.40. The van der Waals surface area contributed by atoms with E-state index in [9.17, 15) is 14.4 Å². The van der Waals surface area contributed by atoms with Gasteiger partial charge in [-0.3, -0.25) is 14.2 Å². The first kappa shape index (κ1) is 21.8. The van der Waals surface area contributed by atoms with Crippen LogP contribution in [0.15, 0.2) is 77.1 Å². The van der Waals surface area contributed by atoms with E-state index in [-0.39, 0.29) is 30.0 Å². The minimum atomic E-state index is -0.565. The van der Waals surface area contributed by atoms with Crippen molar-refractivity contribution in [3.8, 4) is 17.2 Å². The molecule has 0 atom stereocenters. The van der Waals surface area contributed by atoms with Crippen LogP contribution in [0.4, 0.5) is 0 Å². The lowest BCUT2D eigenvalue weighted by molar-refractivity contribution is 0.0973. The van der Waals surface area contributed by atoms with E-state index in [2.05, 4.69) is 11.6 Å². The number of carbonyl (C=O) groups is 1. The Morgan fingerprint density at radius 3 is 2.45 bits per heavy atom. The lowest BCUT2D eigenvalue weighted by Gasteiger charge is -2.12. The molecule has 2 aromatic heterocycles. The van der Waals surface area contributed by atoms with Crippen molar-refractivity contribution in [3.63, 3.8) is 0 Å². The second kappa shape index (κ2) is 8.99. The Balaban J connectivity index is 1.90. The number of Topliss-reactive ketones (excluding diaryl/α,β-unsaturated/α-hetero) is 1. The molecule has 2 heterocycles. The molecule has 4 rings (SSSR count). The Hall–Kier alpha value is -4.40. The van der Waals surface area contributed by atoms with E-state index in [0.717, 1.165) is 4.57 Å². The van der Waals surface area contributed by atoms with Crippen LogP contribution in [0.1, 0.15) is 10.4 Å². The van der Waals surface area contributed by atoms with Crippen LogP contribution in [-0.4, -0.2) is 38.7 Å². The van der Waals surface area contributed by atoms with Crippen LogP contribution in [0.3, 0.4) is 0 Å². The summed E-state index contributed by atoms with van der Waals surface area (Å²) in [5.74, 6) is 0.861. The molecule has 0 saturated heterocycles. The van der Waals surface area contributed by atoms with E-state index >= 15 is 0 Å². The van der Waals surface area contributed by atoms with Crippen molar-refractivity contribution in [2.75, 3.05) is 14.2 Å². The molecule has 0 amide bonds. The Labute approximate surface area is 188 Å². The van der Waals surface area contributed by atoms with Gasteiger partial charge >= 0.3 is 5.69 Å². The predicted molar refractivity (Wildman–Crippen MR) is 124 cm³/mol. The average Bonchev–Trinajstić information content (AvgIpc) is 3.25. The normalized spacial score (nSPS) is 10.8. The van der Waals surface area contributed by atoms with Crippen molar-refractivity contribution < 1.29 is 14.3 Å². The molecule has 168 valence electrons. The van der Waals surface area contributed by atoms with Crippen molar-refractivity contribution in [2.24, 2.45) is 0 Å². The first-order valence-corrected chi connectivity index (χ1v) is 10.1. The predicted octanol–water partition coefficient (Wildman–Crippen LogP) is 2.44. The Kier molecular flexibility index (Phi) is 5.95. The van der Waals surface area contributed by atoms with E-state index in [1.807, 2.05) is 0 Å². The highest BCUT2D eigenvalue weighted by Crippen LogP contribution is 2.19. The summed E-state index contributed by atoms with van der Waals surface area (Å²) in [6, 6.07) is 13.6. The number of hydrogen-bond donors (Lipinski definition) is 0. The van der Waals surface area contributed by atoms with Gasteiger partial charge in [-0.05, 0) is 24.3 Å². The third-order valence-electron chi connectivity index (χ3n) is 5.23. The van der Waals surface area contributed by atoms with Gasteiger partial charge in [0, 0.05) is 18.2 Å². The highest BCUT2D eigenvalue weighted by molar-refractivity contribution is 5.96. The molecule has 0 fully saturated rings. The van der Waals surface area contributed by atoms with Gasteiger partial charge in [0.05, 0.1) is 32.8 Å². The highest BCUT2D eigenvalue weighted by atomic mass is 16.5. The Morgan fingerprint density at radius 2 is 1.76 bits per heavy atom. The van der Waals surface area contributed by atoms with Gasteiger partial charge in [0.15, 0.2) is 16.9 Å². The smallest absolute Gasteiger partial charge is 0.337 e. The molecule has 0 unspecified atom stereocenters.